The van der Waals surface area contributed by atoms with E-state index < -0.39 is 0 Å². The van der Waals surface area contributed by atoms with E-state index in [-0.39, 0.29) is 12.0 Å². The lowest BCUT2D eigenvalue weighted by atomic mass is 9.75. The average molecular weight is 260 g/mol. The number of hydrogen-bond donors (Lipinski definition) is 1. The summed E-state index contributed by atoms with van der Waals surface area (Å²) in [5.41, 5.74) is 1.16. The molecule has 2 rings (SSSR count). The lowest BCUT2D eigenvalue weighted by Gasteiger charge is -2.31. The van der Waals surface area contributed by atoms with Crippen LogP contribution in [0.25, 0.3) is 0 Å². The molecule has 1 N–H and O–H groups in total. The van der Waals surface area contributed by atoms with Gasteiger partial charge in [-0.25, -0.2) is 0 Å². The number of benzene rings is 1. The van der Waals surface area contributed by atoms with Crippen molar-refractivity contribution in [3.05, 3.63) is 58.3 Å². The molecule has 2 heteroatoms. The predicted octanol–water partition coefficient (Wildman–Crippen LogP) is 4.02. The Morgan fingerprint density at radius 3 is 2.44 bits per heavy atom. The van der Waals surface area contributed by atoms with E-state index in [9.17, 15) is 5.11 Å². The Labute approximate surface area is 113 Å². The van der Waals surface area contributed by atoms with Gasteiger partial charge in [-0.3, -0.25) is 0 Å². The zero-order valence-corrected chi connectivity index (χ0v) is 11.6. The Morgan fingerprint density at radius 1 is 1.11 bits per heavy atom. The largest absolute Gasteiger partial charge is 0.395 e. The zero-order chi connectivity index (χ0) is 12.8. The van der Waals surface area contributed by atoms with Crippen molar-refractivity contribution in [3.8, 4) is 0 Å². The highest BCUT2D eigenvalue weighted by Crippen LogP contribution is 2.33. The van der Waals surface area contributed by atoms with Gasteiger partial charge >= 0.3 is 0 Å². The maximum atomic E-state index is 9.86. The molecule has 2 aromatic rings. The molecule has 1 atom stereocenters. The summed E-state index contributed by atoms with van der Waals surface area (Å²) in [5.74, 6) is 0. The molecular formula is C16H20OS. The van der Waals surface area contributed by atoms with Crippen LogP contribution in [0.2, 0.25) is 0 Å². The summed E-state index contributed by atoms with van der Waals surface area (Å²) >= 11 is 1.80. The SMILES string of the molecule is CCC(CO)(CCc1cccs1)c1ccccc1. The lowest BCUT2D eigenvalue weighted by molar-refractivity contribution is 0.179. The summed E-state index contributed by atoms with van der Waals surface area (Å²) in [6, 6.07) is 14.7. The zero-order valence-electron chi connectivity index (χ0n) is 10.8. The maximum absolute atomic E-state index is 9.86. The molecule has 0 spiro atoms. The quantitative estimate of drug-likeness (QED) is 0.831. The first-order valence-electron chi connectivity index (χ1n) is 6.49. The first-order chi connectivity index (χ1) is 8.80. The number of aliphatic hydroxyl groups excluding tert-OH is 1. The van der Waals surface area contributed by atoms with Gasteiger partial charge in [0, 0.05) is 10.3 Å². The molecule has 1 unspecified atom stereocenters. The van der Waals surface area contributed by atoms with Crippen LogP contribution in [0, 0.1) is 0 Å². The first kappa shape index (κ1) is 13.3. The number of hydrogen-bond acceptors (Lipinski definition) is 2. The molecule has 1 aromatic carbocycles. The van der Waals surface area contributed by atoms with Crippen molar-refractivity contribution in [3.63, 3.8) is 0 Å². The normalized spacial score (nSPS) is 14.3. The van der Waals surface area contributed by atoms with Crippen molar-refractivity contribution >= 4 is 11.3 Å². The van der Waals surface area contributed by atoms with E-state index >= 15 is 0 Å². The van der Waals surface area contributed by atoms with E-state index in [1.165, 1.54) is 10.4 Å². The first-order valence-corrected chi connectivity index (χ1v) is 7.37. The standard InChI is InChI=1S/C16H20OS/c1-2-16(13-17,14-7-4-3-5-8-14)11-10-15-9-6-12-18-15/h3-9,12,17H,2,10-11,13H2,1H3. The molecule has 0 saturated carbocycles. The summed E-state index contributed by atoms with van der Waals surface area (Å²) in [5, 5.41) is 12.0. The summed E-state index contributed by atoms with van der Waals surface area (Å²) in [7, 11) is 0. The van der Waals surface area contributed by atoms with Gasteiger partial charge in [0.25, 0.3) is 0 Å². The number of rotatable bonds is 6. The maximum Gasteiger partial charge on any atom is 0.0527 e. The Balaban J connectivity index is 2.16. The van der Waals surface area contributed by atoms with Crippen LogP contribution in [-0.4, -0.2) is 11.7 Å². The van der Waals surface area contributed by atoms with Gasteiger partial charge in [-0.2, -0.15) is 0 Å². The second kappa shape index (κ2) is 6.17. The Hall–Kier alpha value is -1.12. The van der Waals surface area contributed by atoms with Gasteiger partial charge < -0.3 is 5.11 Å². The molecule has 18 heavy (non-hydrogen) atoms. The third-order valence-electron chi connectivity index (χ3n) is 3.80. The minimum absolute atomic E-state index is 0.0920. The minimum atomic E-state index is -0.0920. The topological polar surface area (TPSA) is 20.2 Å². The van der Waals surface area contributed by atoms with Crippen LogP contribution < -0.4 is 0 Å². The molecule has 1 heterocycles. The fourth-order valence-corrected chi connectivity index (χ4v) is 3.13. The van der Waals surface area contributed by atoms with Crippen LogP contribution in [-0.2, 0) is 11.8 Å². The van der Waals surface area contributed by atoms with Gasteiger partial charge in [0.15, 0.2) is 0 Å². The Morgan fingerprint density at radius 2 is 1.89 bits per heavy atom. The van der Waals surface area contributed by atoms with Crippen molar-refractivity contribution in [2.24, 2.45) is 0 Å². The predicted molar refractivity (Wildman–Crippen MR) is 78.1 cm³/mol. The fourth-order valence-electron chi connectivity index (χ4n) is 2.42. The molecule has 1 aromatic heterocycles. The lowest BCUT2D eigenvalue weighted by Crippen LogP contribution is -2.30. The van der Waals surface area contributed by atoms with Crippen LogP contribution >= 0.6 is 11.3 Å². The van der Waals surface area contributed by atoms with Crippen LogP contribution in [0.5, 0.6) is 0 Å². The molecule has 1 nitrogen and oxygen atoms in total. The summed E-state index contributed by atoms with van der Waals surface area (Å²) < 4.78 is 0. The van der Waals surface area contributed by atoms with Crippen LogP contribution in [0.3, 0.4) is 0 Å². The van der Waals surface area contributed by atoms with E-state index in [1.807, 2.05) is 6.07 Å². The molecule has 96 valence electrons. The van der Waals surface area contributed by atoms with Crippen molar-refractivity contribution in [2.45, 2.75) is 31.6 Å². The van der Waals surface area contributed by atoms with Crippen LogP contribution in [0.4, 0.5) is 0 Å². The van der Waals surface area contributed by atoms with Gasteiger partial charge in [0.1, 0.15) is 0 Å². The summed E-state index contributed by atoms with van der Waals surface area (Å²) in [6.45, 7) is 2.39. The monoisotopic (exact) mass is 260 g/mol. The van der Waals surface area contributed by atoms with Gasteiger partial charge in [-0.15, -0.1) is 11.3 Å². The third kappa shape index (κ3) is 2.82. The Bertz CT molecular complexity index is 443. The van der Waals surface area contributed by atoms with Gasteiger partial charge in [0.2, 0.25) is 0 Å². The van der Waals surface area contributed by atoms with E-state index in [2.05, 4.69) is 48.7 Å². The Kier molecular flexibility index (Phi) is 4.56. The summed E-state index contributed by atoms with van der Waals surface area (Å²) in [4.78, 5) is 1.40. The molecule has 0 aliphatic heterocycles. The number of aryl methyl sites for hydroxylation is 1. The highest BCUT2D eigenvalue weighted by atomic mass is 32.1. The molecule has 0 saturated heterocycles. The highest BCUT2D eigenvalue weighted by Gasteiger charge is 2.29. The third-order valence-corrected chi connectivity index (χ3v) is 4.73. The van der Waals surface area contributed by atoms with Crippen LogP contribution in [0.1, 0.15) is 30.2 Å². The van der Waals surface area contributed by atoms with Crippen molar-refractivity contribution in [2.75, 3.05) is 6.61 Å². The second-order valence-corrected chi connectivity index (χ2v) is 5.77. The molecule has 0 amide bonds. The van der Waals surface area contributed by atoms with Crippen molar-refractivity contribution in [1.29, 1.82) is 0 Å². The smallest absolute Gasteiger partial charge is 0.0527 e. The van der Waals surface area contributed by atoms with Crippen molar-refractivity contribution < 1.29 is 5.11 Å². The van der Waals surface area contributed by atoms with Gasteiger partial charge in [-0.1, -0.05) is 43.3 Å². The molecular weight excluding hydrogens is 240 g/mol. The highest BCUT2D eigenvalue weighted by molar-refractivity contribution is 7.09. The van der Waals surface area contributed by atoms with E-state index in [0.717, 1.165) is 19.3 Å². The molecule has 0 aliphatic rings. The fraction of sp³-hybridized carbons (Fsp3) is 0.375. The minimum Gasteiger partial charge on any atom is -0.395 e. The van der Waals surface area contributed by atoms with Gasteiger partial charge in [-0.05, 0) is 36.3 Å². The van der Waals surface area contributed by atoms with Crippen LogP contribution in [0.15, 0.2) is 47.8 Å². The van der Waals surface area contributed by atoms with Crippen molar-refractivity contribution in [1.82, 2.24) is 0 Å². The number of aliphatic hydroxyl groups is 1. The van der Waals surface area contributed by atoms with Gasteiger partial charge in [0.05, 0.1) is 6.61 Å². The number of thiophene rings is 1. The summed E-state index contributed by atoms with van der Waals surface area (Å²) in [6.07, 6.45) is 3.02. The van der Waals surface area contributed by atoms with E-state index in [4.69, 9.17) is 0 Å². The molecule has 0 bridgehead atoms. The molecule has 0 radical (unpaired) electrons. The molecule has 0 aliphatic carbocycles. The second-order valence-electron chi connectivity index (χ2n) is 4.74. The molecule has 0 fully saturated rings. The average Bonchev–Trinajstić information content (AvgIpc) is 2.95. The van der Waals surface area contributed by atoms with E-state index in [1.54, 1.807) is 11.3 Å². The van der Waals surface area contributed by atoms with E-state index in [0.29, 0.717) is 0 Å².